The van der Waals surface area contributed by atoms with Gasteiger partial charge in [-0.15, -0.1) is 0 Å². The molecule has 0 amide bonds. The number of anilines is 2. The summed E-state index contributed by atoms with van der Waals surface area (Å²) < 4.78 is 0. The zero-order valence-corrected chi connectivity index (χ0v) is 10.1. The van der Waals surface area contributed by atoms with Crippen molar-refractivity contribution in [1.29, 1.82) is 0 Å². The van der Waals surface area contributed by atoms with Crippen molar-refractivity contribution in [3.63, 3.8) is 0 Å². The molecule has 3 N–H and O–H groups in total. The van der Waals surface area contributed by atoms with Crippen molar-refractivity contribution in [1.82, 2.24) is 9.97 Å². The molecule has 1 atom stereocenters. The molecule has 0 aliphatic rings. The average molecular weight is 224 g/mol. The largest absolute Gasteiger partial charge is 0.394 e. The van der Waals surface area contributed by atoms with Crippen LogP contribution in [-0.4, -0.2) is 34.8 Å². The number of hydrogen-bond acceptors (Lipinski definition) is 5. The quantitative estimate of drug-likeness (QED) is 0.678. The molecule has 0 aliphatic carbocycles. The molecule has 5 heteroatoms. The van der Waals surface area contributed by atoms with E-state index >= 15 is 0 Å². The second-order valence-corrected chi connectivity index (χ2v) is 3.59. The topological polar surface area (TPSA) is 70.1 Å². The Balaban J connectivity index is 2.94. The van der Waals surface area contributed by atoms with Gasteiger partial charge in [-0.3, -0.25) is 0 Å². The maximum Gasteiger partial charge on any atom is 0.135 e. The highest BCUT2D eigenvalue weighted by Crippen LogP contribution is 2.20. The van der Waals surface area contributed by atoms with Gasteiger partial charge in [0.05, 0.1) is 12.6 Å². The van der Waals surface area contributed by atoms with Crippen LogP contribution in [0.15, 0.2) is 6.33 Å². The number of nitrogens with one attached hydrogen (secondary N) is 2. The first-order chi connectivity index (χ1) is 7.76. The molecule has 5 nitrogen and oxygen atoms in total. The van der Waals surface area contributed by atoms with Crippen LogP contribution in [0.1, 0.15) is 25.8 Å². The standard InChI is InChI=1S/C11H20N4O/c1-4-8(6-16)15-11-9(5-2)10(12-3)13-7-14-11/h7-8,16H,4-6H2,1-3H3,(H2,12,13,14,15). The third-order valence-corrected chi connectivity index (χ3v) is 2.59. The zero-order chi connectivity index (χ0) is 12.0. The molecule has 0 spiro atoms. The van der Waals surface area contributed by atoms with Crippen molar-refractivity contribution in [2.45, 2.75) is 32.7 Å². The summed E-state index contributed by atoms with van der Waals surface area (Å²) in [7, 11) is 1.84. The Hall–Kier alpha value is -1.36. The van der Waals surface area contributed by atoms with E-state index in [-0.39, 0.29) is 12.6 Å². The van der Waals surface area contributed by atoms with Crippen molar-refractivity contribution in [3.8, 4) is 0 Å². The van der Waals surface area contributed by atoms with E-state index < -0.39 is 0 Å². The Kier molecular flexibility index (Phi) is 4.98. The number of aliphatic hydroxyl groups is 1. The first kappa shape index (κ1) is 12.7. The highest BCUT2D eigenvalue weighted by atomic mass is 16.3. The lowest BCUT2D eigenvalue weighted by atomic mass is 10.2. The number of hydrogen-bond donors (Lipinski definition) is 3. The Bertz CT molecular complexity index is 326. The molecule has 16 heavy (non-hydrogen) atoms. The lowest BCUT2D eigenvalue weighted by molar-refractivity contribution is 0.271. The van der Waals surface area contributed by atoms with Gasteiger partial charge in [-0.05, 0) is 12.8 Å². The molecule has 0 aliphatic heterocycles. The van der Waals surface area contributed by atoms with Gasteiger partial charge >= 0.3 is 0 Å². The fraction of sp³-hybridized carbons (Fsp3) is 0.636. The van der Waals surface area contributed by atoms with Crippen LogP contribution in [0.3, 0.4) is 0 Å². The summed E-state index contributed by atoms with van der Waals surface area (Å²) in [5, 5.41) is 15.4. The summed E-state index contributed by atoms with van der Waals surface area (Å²) in [6.07, 6.45) is 3.23. The van der Waals surface area contributed by atoms with Gasteiger partial charge in [0, 0.05) is 12.6 Å². The smallest absolute Gasteiger partial charge is 0.135 e. The van der Waals surface area contributed by atoms with Gasteiger partial charge in [0.1, 0.15) is 18.0 Å². The predicted octanol–water partition coefficient (Wildman–Crippen LogP) is 1.26. The van der Waals surface area contributed by atoms with Gasteiger partial charge in [0.15, 0.2) is 0 Å². The molecule has 1 unspecified atom stereocenters. The van der Waals surface area contributed by atoms with E-state index in [1.165, 1.54) is 6.33 Å². The molecular weight excluding hydrogens is 204 g/mol. The van der Waals surface area contributed by atoms with Gasteiger partial charge < -0.3 is 15.7 Å². The van der Waals surface area contributed by atoms with E-state index in [1.807, 2.05) is 14.0 Å². The normalized spacial score (nSPS) is 12.2. The van der Waals surface area contributed by atoms with E-state index in [0.717, 1.165) is 30.0 Å². The fourth-order valence-electron chi connectivity index (χ4n) is 1.56. The molecular formula is C11H20N4O. The van der Waals surface area contributed by atoms with Gasteiger partial charge in [-0.25, -0.2) is 9.97 Å². The zero-order valence-electron chi connectivity index (χ0n) is 10.1. The summed E-state index contributed by atoms with van der Waals surface area (Å²) in [5.41, 5.74) is 1.05. The SMILES string of the molecule is CCc1c(NC)ncnc1NC(CC)CO. The maximum atomic E-state index is 9.16. The monoisotopic (exact) mass is 224 g/mol. The molecule has 0 aromatic carbocycles. The lowest BCUT2D eigenvalue weighted by Gasteiger charge is -2.18. The summed E-state index contributed by atoms with van der Waals surface area (Å²) in [4.78, 5) is 8.38. The number of aliphatic hydroxyl groups excluding tert-OH is 1. The summed E-state index contributed by atoms with van der Waals surface area (Å²) in [6, 6.07) is 0.0462. The van der Waals surface area contributed by atoms with Crippen LogP contribution in [0, 0.1) is 0 Å². The maximum absolute atomic E-state index is 9.16. The van der Waals surface area contributed by atoms with Crippen LogP contribution in [0.25, 0.3) is 0 Å². The Morgan fingerprint density at radius 3 is 2.50 bits per heavy atom. The molecule has 1 heterocycles. The molecule has 0 saturated heterocycles. The van der Waals surface area contributed by atoms with Gasteiger partial charge in [0.2, 0.25) is 0 Å². The third kappa shape index (κ3) is 2.82. The summed E-state index contributed by atoms with van der Waals surface area (Å²) >= 11 is 0. The molecule has 0 saturated carbocycles. The molecule has 0 fully saturated rings. The molecule has 0 radical (unpaired) electrons. The minimum Gasteiger partial charge on any atom is -0.394 e. The first-order valence-corrected chi connectivity index (χ1v) is 5.65. The third-order valence-electron chi connectivity index (χ3n) is 2.59. The average Bonchev–Trinajstić information content (AvgIpc) is 2.35. The Labute approximate surface area is 96.3 Å². The van der Waals surface area contributed by atoms with Crippen molar-refractivity contribution < 1.29 is 5.11 Å². The molecule has 90 valence electrons. The lowest BCUT2D eigenvalue weighted by Crippen LogP contribution is -2.24. The highest BCUT2D eigenvalue weighted by molar-refractivity contribution is 5.57. The van der Waals surface area contributed by atoms with Gasteiger partial charge in [-0.2, -0.15) is 0 Å². The number of nitrogens with zero attached hydrogens (tertiary/aromatic N) is 2. The van der Waals surface area contributed by atoms with E-state index in [9.17, 15) is 0 Å². The van der Waals surface area contributed by atoms with E-state index in [4.69, 9.17) is 5.11 Å². The van der Waals surface area contributed by atoms with E-state index in [0.29, 0.717) is 0 Å². The fourth-order valence-corrected chi connectivity index (χ4v) is 1.56. The minimum atomic E-state index is 0.0462. The van der Waals surface area contributed by atoms with Crippen LogP contribution in [0.5, 0.6) is 0 Å². The molecule has 1 rings (SSSR count). The minimum absolute atomic E-state index is 0.0462. The van der Waals surface area contributed by atoms with E-state index in [2.05, 4.69) is 27.5 Å². The number of rotatable bonds is 6. The first-order valence-electron chi connectivity index (χ1n) is 5.65. The van der Waals surface area contributed by atoms with Crippen molar-refractivity contribution in [3.05, 3.63) is 11.9 Å². The van der Waals surface area contributed by atoms with Crippen molar-refractivity contribution in [2.24, 2.45) is 0 Å². The molecule has 1 aromatic rings. The van der Waals surface area contributed by atoms with Crippen molar-refractivity contribution >= 4 is 11.6 Å². The van der Waals surface area contributed by atoms with Gasteiger partial charge in [0.25, 0.3) is 0 Å². The van der Waals surface area contributed by atoms with Crippen LogP contribution < -0.4 is 10.6 Å². The number of aromatic nitrogens is 2. The van der Waals surface area contributed by atoms with Crippen LogP contribution in [-0.2, 0) is 6.42 Å². The van der Waals surface area contributed by atoms with Gasteiger partial charge in [-0.1, -0.05) is 13.8 Å². The summed E-state index contributed by atoms with van der Waals surface area (Å²) in [6.45, 7) is 4.20. The second-order valence-electron chi connectivity index (χ2n) is 3.59. The highest BCUT2D eigenvalue weighted by Gasteiger charge is 2.11. The Morgan fingerprint density at radius 1 is 1.31 bits per heavy atom. The van der Waals surface area contributed by atoms with Crippen molar-refractivity contribution in [2.75, 3.05) is 24.3 Å². The van der Waals surface area contributed by atoms with Crippen LogP contribution in [0.2, 0.25) is 0 Å². The predicted molar refractivity (Wildman–Crippen MR) is 65.7 cm³/mol. The van der Waals surface area contributed by atoms with Crippen LogP contribution in [0.4, 0.5) is 11.6 Å². The Morgan fingerprint density at radius 2 is 2.00 bits per heavy atom. The second kappa shape index (κ2) is 6.27. The summed E-state index contributed by atoms with van der Waals surface area (Å²) in [5.74, 6) is 1.65. The van der Waals surface area contributed by atoms with Crippen LogP contribution >= 0.6 is 0 Å². The molecule has 1 aromatic heterocycles. The molecule has 0 bridgehead atoms. The van der Waals surface area contributed by atoms with E-state index in [1.54, 1.807) is 0 Å².